The molecule has 4 fully saturated rings. The number of hydrogen-bond donors (Lipinski definition) is 1. The summed E-state index contributed by atoms with van der Waals surface area (Å²) in [4.78, 5) is 24.3. The van der Waals surface area contributed by atoms with E-state index in [0.717, 1.165) is 17.8 Å². The molecule has 0 unspecified atom stereocenters. The van der Waals surface area contributed by atoms with Gasteiger partial charge in [0.25, 0.3) is 5.91 Å². The Morgan fingerprint density at radius 1 is 1.12 bits per heavy atom. The van der Waals surface area contributed by atoms with Crippen LogP contribution in [0.4, 0.5) is 0 Å². The lowest BCUT2D eigenvalue weighted by molar-refractivity contribution is -0.128. The molecule has 0 saturated heterocycles. The van der Waals surface area contributed by atoms with E-state index in [1.807, 2.05) is 0 Å². The number of amides is 1. The van der Waals surface area contributed by atoms with Gasteiger partial charge in [-0.1, -0.05) is 11.6 Å². The second-order valence-corrected chi connectivity index (χ2v) is 9.09. The lowest BCUT2D eigenvalue weighted by Gasteiger charge is -2.59. The Kier molecular flexibility index (Phi) is 4.72. The fourth-order valence-electron chi connectivity index (χ4n) is 5.94. The van der Waals surface area contributed by atoms with Gasteiger partial charge < -0.3 is 10.1 Å². The van der Waals surface area contributed by atoms with E-state index in [2.05, 4.69) is 12.2 Å². The third-order valence-electron chi connectivity index (χ3n) is 6.80. The van der Waals surface area contributed by atoms with Crippen molar-refractivity contribution in [3.8, 4) is 0 Å². The van der Waals surface area contributed by atoms with Gasteiger partial charge in [0.2, 0.25) is 0 Å². The zero-order valence-corrected chi connectivity index (χ0v) is 15.9. The van der Waals surface area contributed by atoms with Gasteiger partial charge >= 0.3 is 5.97 Å². The van der Waals surface area contributed by atoms with E-state index in [9.17, 15) is 9.59 Å². The van der Waals surface area contributed by atoms with E-state index >= 15 is 0 Å². The minimum absolute atomic E-state index is 0.137. The van der Waals surface area contributed by atoms with Gasteiger partial charge in [0.1, 0.15) is 0 Å². The molecule has 4 aliphatic rings. The molecule has 1 atom stereocenters. The molecule has 4 bridgehead atoms. The summed E-state index contributed by atoms with van der Waals surface area (Å²) in [5.74, 6) is 1.84. The molecular formula is C21H26ClNO3. The molecule has 5 rings (SSSR count). The highest BCUT2D eigenvalue weighted by Crippen LogP contribution is 2.61. The molecule has 0 radical (unpaired) electrons. The molecule has 1 aromatic rings. The lowest BCUT2D eigenvalue weighted by atomic mass is 9.48. The van der Waals surface area contributed by atoms with Crippen molar-refractivity contribution in [3.63, 3.8) is 0 Å². The van der Waals surface area contributed by atoms with Crippen LogP contribution in [0.25, 0.3) is 0 Å². The Bertz CT molecular complexity index is 664. The molecule has 1 N–H and O–H groups in total. The first-order chi connectivity index (χ1) is 12.4. The normalized spacial score (nSPS) is 32.9. The van der Waals surface area contributed by atoms with E-state index in [0.29, 0.717) is 10.6 Å². The van der Waals surface area contributed by atoms with E-state index in [-0.39, 0.29) is 24.0 Å². The van der Waals surface area contributed by atoms with E-state index in [1.54, 1.807) is 24.3 Å². The maximum atomic E-state index is 12.3. The Morgan fingerprint density at radius 3 is 2.19 bits per heavy atom. The molecule has 0 aliphatic heterocycles. The van der Waals surface area contributed by atoms with Crippen LogP contribution >= 0.6 is 11.6 Å². The average Bonchev–Trinajstić information content (AvgIpc) is 2.59. The first kappa shape index (κ1) is 17.8. The zero-order valence-electron chi connectivity index (χ0n) is 15.2. The molecule has 4 saturated carbocycles. The van der Waals surface area contributed by atoms with E-state index < -0.39 is 5.97 Å². The summed E-state index contributed by atoms with van der Waals surface area (Å²) in [5, 5.41) is 3.67. The van der Waals surface area contributed by atoms with Gasteiger partial charge in [0.05, 0.1) is 5.56 Å². The van der Waals surface area contributed by atoms with Gasteiger partial charge in [-0.05, 0) is 92.9 Å². The van der Waals surface area contributed by atoms with Crippen LogP contribution in [0.5, 0.6) is 0 Å². The molecule has 0 aromatic heterocycles. The van der Waals surface area contributed by atoms with Crippen LogP contribution in [-0.2, 0) is 9.53 Å². The van der Waals surface area contributed by atoms with Crippen LogP contribution in [0.3, 0.4) is 0 Å². The Labute approximate surface area is 159 Å². The Morgan fingerprint density at radius 2 is 1.65 bits per heavy atom. The summed E-state index contributed by atoms with van der Waals surface area (Å²) >= 11 is 5.81. The monoisotopic (exact) mass is 375 g/mol. The van der Waals surface area contributed by atoms with Crippen LogP contribution in [0.2, 0.25) is 5.02 Å². The van der Waals surface area contributed by atoms with Crippen molar-refractivity contribution in [1.82, 2.24) is 5.32 Å². The maximum Gasteiger partial charge on any atom is 0.338 e. The highest BCUT2D eigenvalue weighted by molar-refractivity contribution is 6.30. The fourth-order valence-corrected chi connectivity index (χ4v) is 6.07. The average molecular weight is 376 g/mol. The standard InChI is InChI=1S/C21H26ClNO3/c1-13(21-9-14-6-15(10-21)8-16(7-14)11-21)23-19(24)12-26-20(25)17-2-4-18(22)5-3-17/h2-5,13-16H,6-12H2,1H3,(H,23,24)/t13-,14?,15?,16?,21?/m0/s1. The topological polar surface area (TPSA) is 55.4 Å². The highest BCUT2D eigenvalue weighted by atomic mass is 35.5. The summed E-state index contributed by atoms with van der Waals surface area (Å²) < 4.78 is 5.16. The third-order valence-corrected chi connectivity index (χ3v) is 7.05. The minimum Gasteiger partial charge on any atom is -0.452 e. The zero-order chi connectivity index (χ0) is 18.3. The summed E-state index contributed by atoms with van der Waals surface area (Å²) in [6.45, 7) is 1.89. The van der Waals surface area contributed by atoms with Gasteiger partial charge in [0.15, 0.2) is 6.61 Å². The number of halogens is 1. The highest BCUT2D eigenvalue weighted by Gasteiger charge is 2.53. The first-order valence-electron chi connectivity index (χ1n) is 9.65. The van der Waals surface area contributed by atoms with Crippen LogP contribution in [0.1, 0.15) is 55.8 Å². The van der Waals surface area contributed by atoms with Gasteiger partial charge in [-0.3, -0.25) is 4.79 Å². The molecular weight excluding hydrogens is 350 g/mol. The smallest absolute Gasteiger partial charge is 0.338 e. The predicted molar refractivity (Wildman–Crippen MR) is 99.9 cm³/mol. The number of benzene rings is 1. The van der Waals surface area contributed by atoms with Crippen LogP contribution in [-0.4, -0.2) is 24.5 Å². The van der Waals surface area contributed by atoms with E-state index in [4.69, 9.17) is 16.3 Å². The Hall–Kier alpha value is -1.55. The predicted octanol–water partition coefficient (Wildman–Crippen LogP) is 4.22. The number of ether oxygens (including phenoxy) is 1. The molecule has 140 valence electrons. The van der Waals surface area contributed by atoms with Crippen molar-refractivity contribution >= 4 is 23.5 Å². The lowest BCUT2D eigenvalue weighted by Crippen LogP contribution is -2.56. The van der Waals surface area contributed by atoms with Crippen molar-refractivity contribution in [2.45, 2.75) is 51.5 Å². The second-order valence-electron chi connectivity index (χ2n) is 8.65. The van der Waals surface area contributed by atoms with Crippen molar-refractivity contribution in [1.29, 1.82) is 0 Å². The summed E-state index contributed by atoms with van der Waals surface area (Å²) in [6, 6.07) is 6.60. The molecule has 26 heavy (non-hydrogen) atoms. The van der Waals surface area contributed by atoms with Gasteiger partial charge in [-0.15, -0.1) is 0 Å². The van der Waals surface area contributed by atoms with E-state index in [1.165, 1.54) is 38.5 Å². The molecule has 0 spiro atoms. The van der Waals surface area contributed by atoms with Gasteiger partial charge in [-0.25, -0.2) is 4.79 Å². The number of nitrogens with one attached hydrogen (secondary N) is 1. The minimum atomic E-state index is -0.501. The van der Waals surface area contributed by atoms with Gasteiger partial charge in [-0.2, -0.15) is 0 Å². The van der Waals surface area contributed by atoms with Crippen molar-refractivity contribution in [2.75, 3.05) is 6.61 Å². The first-order valence-corrected chi connectivity index (χ1v) is 10.0. The number of carbonyl (C=O) groups is 2. The second kappa shape index (κ2) is 6.88. The van der Waals surface area contributed by atoms with Gasteiger partial charge in [0, 0.05) is 11.1 Å². The van der Waals surface area contributed by atoms with Crippen molar-refractivity contribution in [3.05, 3.63) is 34.9 Å². The number of hydrogen-bond acceptors (Lipinski definition) is 3. The SMILES string of the molecule is C[C@H](NC(=O)COC(=O)c1ccc(Cl)cc1)C12CC3CC(CC(C3)C1)C2. The molecule has 5 heteroatoms. The molecule has 1 aromatic carbocycles. The number of esters is 1. The fraction of sp³-hybridized carbons (Fsp3) is 0.619. The quantitative estimate of drug-likeness (QED) is 0.784. The van der Waals surface area contributed by atoms with Crippen LogP contribution in [0.15, 0.2) is 24.3 Å². The number of carbonyl (C=O) groups excluding carboxylic acids is 2. The van der Waals surface area contributed by atoms with Crippen LogP contribution in [0, 0.1) is 23.2 Å². The third kappa shape index (κ3) is 3.48. The molecule has 4 nitrogen and oxygen atoms in total. The van der Waals surface area contributed by atoms with Crippen LogP contribution < -0.4 is 5.32 Å². The summed E-state index contributed by atoms with van der Waals surface area (Å²) in [5.41, 5.74) is 0.654. The summed E-state index contributed by atoms with van der Waals surface area (Å²) in [6.07, 6.45) is 7.89. The summed E-state index contributed by atoms with van der Waals surface area (Å²) in [7, 11) is 0. The van der Waals surface area contributed by atoms with Crippen molar-refractivity contribution < 1.29 is 14.3 Å². The Balaban J connectivity index is 1.31. The largest absolute Gasteiger partial charge is 0.452 e. The number of rotatable bonds is 5. The molecule has 1 amide bonds. The van der Waals surface area contributed by atoms with Crippen molar-refractivity contribution in [2.24, 2.45) is 23.2 Å². The molecule has 4 aliphatic carbocycles. The molecule has 0 heterocycles. The maximum absolute atomic E-state index is 12.3.